The highest BCUT2D eigenvalue weighted by atomic mass is 16.5. The summed E-state index contributed by atoms with van der Waals surface area (Å²) < 4.78 is 5.54. The number of amides is 1. The molecule has 0 bridgehead atoms. The van der Waals surface area contributed by atoms with Crippen molar-refractivity contribution in [3.63, 3.8) is 0 Å². The average molecular weight is 368 g/mol. The van der Waals surface area contributed by atoms with Crippen molar-refractivity contribution in [3.05, 3.63) is 53.8 Å². The van der Waals surface area contributed by atoms with Gasteiger partial charge in [0.1, 0.15) is 12.4 Å². The van der Waals surface area contributed by atoms with E-state index >= 15 is 0 Å². The number of carbonyl (C=O) groups is 2. The summed E-state index contributed by atoms with van der Waals surface area (Å²) in [4.78, 5) is 26.0. The molecule has 3 rings (SSSR count). The Morgan fingerprint density at radius 3 is 2.48 bits per heavy atom. The van der Waals surface area contributed by atoms with Crippen LogP contribution in [0.4, 0.5) is 0 Å². The Labute approximate surface area is 161 Å². The molecule has 27 heavy (non-hydrogen) atoms. The van der Waals surface area contributed by atoms with Gasteiger partial charge < -0.3 is 4.74 Å². The first-order chi connectivity index (χ1) is 12.7. The van der Waals surface area contributed by atoms with Gasteiger partial charge in [0.2, 0.25) is 5.91 Å². The van der Waals surface area contributed by atoms with Gasteiger partial charge in [-0.05, 0) is 29.5 Å². The van der Waals surface area contributed by atoms with E-state index < -0.39 is 0 Å². The highest BCUT2D eigenvalue weighted by Gasteiger charge is 2.44. The minimum absolute atomic E-state index is 0.0289. The molecule has 1 aliphatic heterocycles. The van der Waals surface area contributed by atoms with Gasteiger partial charge in [-0.3, -0.25) is 9.59 Å². The molecule has 5 heteroatoms. The van der Waals surface area contributed by atoms with E-state index in [0.717, 1.165) is 29.0 Å². The molecule has 1 aliphatic carbocycles. The predicted octanol–water partition coefficient (Wildman–Crippen LogP) is 3.69. The Morgan fingerprint density at radius 2 is 1.89 bits per heavy atom. The van der Waals surface area contributed by atoms with Crippen molar-refractivity contribution in [2.24, 2.45) is 5.41 Å². The minimum Gasteiger partial charge on any atom is -0.490 e. The number of benzene rings is 1. The summed E-state index contributed by atoms with van der Waals surface area (Å²) in [7, 11) is 3.70. The zero-order chi connectivity index (χ0) is 19.8. The van der Waals surface area contributed by atoms with Crippen LogP contribution < -0.4 is 4.74 Å². The van der Waals surface area contributed by atoms with Crippen LogP contribution in [0.15, 0.2) is 48.2 Å². The van der Waals surface area contributed by atoms with Crippen molar-refractivity contribution in [2.75, 3.05) is 20.7 Å². The van der Waals surface area contributed by atoms with Crippen LogP contribution in [-0.2, 0) is 9.59 Å². The number of rotatable bonds is 5. The first-order valence-electron chi connectivity index (χ1n) is 9.33. The monoisotopic (exact) mass is 368 g/mol. The van der Waals surface area contributed by atoms with E-state index in [4.69, 9.17) is 4.74 Å². The summed E-state index contributed by atoms with van der Waals surface area (Å²) in [5.41, 5.74) is 2.49. The summed E-state index contributed by atoms with van der Waals surface area (Å²) in [5, 5.41) is 3.47. The van der Waals surface area contributed by atoms with Gasteiger partial charge in [0.15, 0.2) is 5.78 Å². The fourth-order valence-corrected chi connectivity index (χ4v) is 4.10. The molecule has 0 saturated carbocycles. The molecule has 0 fully saturated rings. The molecule has 0 spiro atoms. The number of hydrogen-bond donors (Lipinski definition) is 0. The third kappa shape index (κ3) is 3.83. The van der Waals surface area contributed by atoms with Gasteiger partial charge in [-0.25, -0.2) is 10.0 Å². The quantitative estimate of drug-likeness (QED) is 0.744. The molecular formula is C22H28N2O3. The van der Waals surface area contributed by atoms with Crippen LogP contribution >= 0.6 is 0 Å². The van der Waals surface area contributed by atoms with Gasteiger partial charge >= 0.3 is 0 Å². The van der Waals surface area contributed by atoms with Gasteiger partial charge in [0.25, 0.3) is 0 Å². The molecule has 1 aromatic carbocycles. The Bertz CT molecular complexity index is 790. The molecule has 0 saturated heterocycles. The van der Waals surface area contributed by atoms with Gasteiger partial charge in [-0.2, -0.15) is 0 Å². The summed E-state index contributed by atoms with van der Waals surface area (Å²) in [6.45, 7) is 8.26. The lowest BCUT2D eigenvalue weighted by molar-refractivity contribution is -0.143. The highest BCUT2D eigenvalue weighted by Crippen LogP contribution is 2.47. The van der Waals surface area contributed by atoms with E-state index in [0.29, 0.717) is 19.4 Å². The molecule has 1 amide bonds. The molecule has 1 unspecified atom stereocenters. The molecule has 1 atom stereocenters. The fraction of sp³-hybridized carbons (Fsp3) is 0.455. The maximum Gasteiger partial charge on any atom is 0.242 e. The van der Waals surface area contributed by atoms with E-state index in [1.54, 1.807) is 16.1 Å². The predicted molar refractivity (Wildman–Crippen MR) is 105 cm³/mol. The third-order valence-electron chi connectivity index (χ3n) is 5.17. The van der Waals surface area contributed by atoms with Crippen molar-refractivity contribution >= 4 is 11.7 Å². The van der Waals surface area contributed by atoms with E-state index in [1.807, 2.05) is 38.4 Å². The van der Waals surface area contributed by atoms with Crippen LogP contribution in [0.3, 0.4) is 0 Å². The number of hydrazine groups is 1. The highest BCUT2D eigenvalue weighted by molar-refractivity contribution is 6.01. The maximum atomic E-state index is 13.1. The number of Topliss-reactive ketones (excluding diaryl/α,β-unsaturated/α-hetero) is 1. The fourth-order valence-electron chi connectivity index (χ4n) is 4.10. The SMILES string of the molecule is C=CCOc1ccc(C2CC(=O)N(N(C)C)C3=C2C(=O)CC(C)(C)C3)cc1. The van der Waals surface area contributed by atoms with Crippen LogP contribution in [0.1, 0.15) is 44.6 Å². The molecule has 0 aromatic heterocycles. The lowest BCUT2D eigenvalue weighted by Gasteiger charge is -2.44. The smallest absolute Gasteiger partial charge is 0.242 e. The Balaban J connectivity index is 2.03. The second-order valence-electron chi connectivity index (χ2n) is 8.28. The summed E-state index contributed by atoms with van der Waals surface area (Å²) >= 11 is 0. The van der Waals surface area contributed by atoms with Crippen LogP contribution in [0.25, 0.3) is 0 Å². The number of nitrogens with zero attached hydrogens (tertiary/aromatic N) is 2. The molecule has 144 valence electrons. The number of ketones is 1. The van der Waals surface area contributed by atoms with Crippen LogP contribution in [-0.4, -0.2) is 42.4 Å². The molecule has 1 aromatic rings. The Morgan fingerprint density at radius 1 is 1.22 bits per heavy atom. The van der Waals surface area contributed by atoms with E-state index in [9.17, 15) is 9.59 Å². The Hall–Kier alpha value is -2.40. The first-order valence-corrected chi connectivity index (χ1v) is 9.33. The van der Waals surface area contributed by atoms with Gasteiger partial charge in [0, 0.05) is 44.1 Å². The van der Waals surface area contributed by atoms with Crippen LogP contribution in [0.2, 0.25) is 0 Å². The third-order valence-corrected chi connectivity index (χ3v) is 5.17. The average Bonchev–Trinajstić information content (AvgIpc) is 2.58. The van der Waals surface area contributed by atoms with Gasteiger partial charge in [-0.1, -0.05) is 38.6 Å². The number of hydrogen-bond acceptors (Lipinski definition) is 4. The lowest BCUT2D eigenvalue weighted by atomic mass is 9.69. The molecule has 5 nitrogen and oxygen atoms in total. The van der Waals surface area contributed by atoms with Crippen molar-refractivity contribution in [2.45, 2.75) is 39.0 Å². The number of ether oxygens (including phenoxy) is 1. The molecule has 0 radical (unpaired) electrons. The standard InChI is InChI=1S/C22H28N2O3/c1-6-11-27-16-9-7-15(8-10-16)17-12-20(26)24(23(4)5)18-13-22(2,3)14-19(25)21(17)18/h6-10,17H,1,11-14H2,2-5H3. The summed E-state index contributed by atoms with van der Waals surface area (Å²) in [6, 6.07) is 7.69. The van der Waals surface area contributed by atoms with Crippen LogP contribution in [0, 0.1) is 5.41 Å². The molecule has 2 aliphatic rings. The molecule has 0 N–H and O–H groups in total. The van der Waals surface area contributed by atoms with E-state index in [2.05, 4.69) is 20.4 Å². The largest absolute Gasteiger partial charge is 0.490 e. The second kappa shape index (κ2) is 7.31. The Kier molecular flexibility index (Phi) is 5.24. The number of allylic oxidation sites excluding steroid dienone is 2. The minimum atomic E-state index is -0.194. The topological polar surface area (TPSA) is 49.9 Å². The van der Waals surface area contributed by atoms with E-state index in [-0.39, 0.29) is 23.0 Å². The zero-order valence-corrected chi connectivity index (χ0v) is 16.6. The van der Waals surface area contributed by atoms with Crippen molar-refractivity contribution < 1.29 is 14.3 Å². The van der Waals surface area contributed by atoms with Gasteiger partial charge in [-0.15, -0.1) is 0 Å². The molecule has 1 heterocycles. The molecular weight excluding hydrogens is 340 g/mol. The second-order valence-corrected chi connectivity index (χ2v) is 8.28. The summed E-state index contributed by atoms with van der Waals surface area (Å²) in [5.74, 6) is 0.737. The van der Waals surface area contributed by atoms with Crippen molar-refractivity contribution in [1.29, 1.82) is 0 Å². The number of carbonyl (C=O) groups excluding carboxylic acids is 2. The normalized spacial score (nSPS) is 22.1. The van der Waals surface area contributed by atoms with Crippen molar-refractivity contribution in [3.8, 4) is 5.75 Å². The van der Waals surface area contributed by atoms with Gasteiger partial charge in [0.05, 0.1) is 0 Å². The summed E-state index contributed by atoms with van der Waals surface area (Å²) in [6.07, 6.45) is 3.23. The van der Waals surface area contributed by atoms with E-state index in [1.165, 1.54) is 0 Å². The van der Waals surface area contributed by atoms with Crippen molar-refractivity contribution in [1.82, 2.24) is 10.0 Å². The lowest BCUT2D eigenvalue weighted by Crippen LogP contribution is -2.49. The van der Waals surface area contributed by atoms with Crippen LogP contribution in [0.5, 0.6) is 5.75 Å². The maximum absolute atomic E-state index is 13.1. The zero-order valence-electron chi connectivity index (χ0n) is 16.6. The first kappa shape index (κ1) is 19.4.